The lowest BCUT2D eigenvalue weighted by molar-refractivity contribution is -0.384. The third-order valence-electron chi connectivity index (χ3n) is 3.20. The standard InChI is InChI=1S/C16H17ClN2O5/c1-2-3-8-18-16(20)15-7-5-12(24-15)10-23-14-6-4-11(19(21)22)9-13(14)17/h4-7,9H,2-3,8,10H2,1H3,(H,18,20). The molecular formula is C16H17ClN2O5. The summed E-state index contributed by atoms with van der Waals surface area (Å²) in [4.78, 5) is 22.0. The quantitative estimate of drug-likeness (QED) is 0.441. The lowest BCUT2D eigenvalue weighted by Gasteiger charge is -2.06. The SMILES string of the molecule is CCCCNC(=O)c1ccc(COc2ccc([N+](=O)[O-])cc2Cl)o1. The fourth-order valence-electron chi connectivity index (χ4n) is 1.91. The van der Waals surface area contributed by atoms with Crippen LogP contribution in [0.1, 0.15) is 36.1 Å². The van der Waals surface area contributed by atoms with Crippen molar-refractivity contribution in [2.24, 2.45) is 0 Å². The van der Waals surface area contributed by atoms with Gasteiger partial charge in [-0.1, -0.05) is 24.9 Å². The summed E-state index contributed by atoms with van der Waals surface area (Å²) in [6, 6.07) is 7.13. The van der Waals surface area contributed by atoms with Gasteiger partial charge in [-0.15, -0.1) is 0 Å². The second-order valence-electron chi connectivity index (χ2n) is 5.04. The molecule has 1 amide bonds. The van der Waals surface area contributed by atoms with Gasteiger partial charge in [-0.05, 0) is 24.6 Å². The molecular weight excluding hydrogens is 336 g/mol. The molecule has 1 N–H and O–H groups in total. The number of furan rings is 1. The number of nitrogens with one attached hydrogen (secondary N) is 1. The minimum absolute atomic E-state index is 0.0553. The van der Waals surface area contributed by atoms with Gasteiger partial charge in [-0.3, -0.25) is 14.9 Å². The Bertz CT molecular complexity index is 729. The molecule has 0 atom stereocenters. The Morgan fingerprint density at radius 1 is 1.38 bits per heavy atom. The molecule has 1 aromatic carbocycles. The highest BCUT2D eigenvalue weighted by atomic mass is 35.5. The van der Waals surface area contributed by atoms with Crippen molar-refractivity contribution in [2.45, 2.75) is 26.4 Å². The Morgan fingerprint density at radius 2 is 2.17 bits per heavy atom. The van der Waals surface area contributed by atoms with Crippen LogP contribution in [0.3, 0.4) is 0 Å². The van der Waals surface area contributed by atoms with Gasteiger partial charge in [0, 0.05) is 18.7 Å². The van der Waals surface area contributed by atoms with Gasteiger partial charge in [0.15, 0.2) is 5.76 Å². The predicted octanol–water partition coefficient (Wildman–Crippen LogP) is 3.95. The molecule has 8 heteroatoms. The van der Waals surface area contributed by atoms with Crippen molar-refractivity contribution >= 4 is 23.2 Å². The molecule has 1 aromatic heterocycles. The van der Waals surface area contributed by atoms with E-state index < -0.39 is 4.92 Å². The molecule has 0 saturated heterocycles. The zero-order chi connectivity index (χ0) is 17.5. The highest BCUT2D eigenvalue weighted by molar-refractivity contribution is 6.32. The van der Waals surface area contributed by atoms with Crippen LogP contribution in [-0.2, 0) is 6.61 Å². The first kappa shape index (κ1) is 17.8. The van der Waals surface area contributed by atoms with Crippen LogP contribution in [0.4, 0.5) is 5.69 Å². The summed E-state index contributed by atoms with van der Waals surface area (Å²) in [5, 5.41) is 13.5. The van der Waals surface area contributed by atoms with Crippen molar-refractivity contribution in [2.75, 3.05) is 6.54 Å². The number of non-ortho nitro benzene ring substituents is 1. The van der Waals surface area contributed by atoms with Crippen LogP contribution in [0, 0.1) is 10.1 Å². The van der Waals surface area contributed by atoms with E-state index in [1.807, 2.05) is 6.92 Å². The number of ether oxygens (including phenoxy) is 1. The highest BCUT2D eigenvalue weighted by Gasteiger charge is 2.13. The van der Waals surface area contributed by atoms with E-state index in [0.717, 1.165) is 12.8 Å². The smallest absolute Gasteiger partial charge is 0.286 e. The van der Waals surface area contributed by atoms with E-state index in [-0.39, 0.29) is 29.0 Å². The molecule has 1 heterocycles. The van der Waals surface area contributed by atoms with E-state index in [4.69, 9.17) is 20.8 Å². The number of nitro benzene ring substituents is 1. The van der Waals surface area contributed by atoms with Crippen molar-refractivity contribution in [3.8, 4) is 5.75 Å². The average Bonchev–Trinajstić information content (AvgIpc) is 3.02. The van der Waals surface area contributed by atoms with E-state index in [9.17, 15) is 14.9 Å². The molecule has 128 valence electrons. The van der Waals surface area contributed by atoms with Gasteiger partial charge >= 0.3 is 0 Å². The first-order chi connectivity index (χ1) is 11.5. The number of hydrogen-bond donors (Lipinski definition) is 1. The van der Waals surface area contributed by atoms with Crippen molar-refractivity contribution in [3.63, 3.8) is 0 Å². The number of unbranched alkanes of at least 4 members (excludes halogenated alkanes) is 1. The van der Waals surface area contributed by atoms with Crippen molar-refractivity contribution in [3.05, 3.63) is 57.0 Å². The minimum Gasteiger partial charge on any atom is -0.484 e. The van der Waals surface area contributed by atoms with Crippen LogP contribution in [0.5, 0.6) is 5.75 Å². The summed E-state index contributed by atoms with van der Waals surface area (Å²) in [6.45, 7) is 2.69. The second kappa shape index (κ2) is 8.35. The predicted molar refractivity (Wildman–Crippen MR) is 88.4 cm³/mol. The van der Waals surface area contributed by atoms with E-state index >= 15 is 0 Å². The lowest BCUT2D eigenvalue weighted by Crippen LogP contribution is -2.23. The fraction of sp³-hybridized carbons (Fsp3) is 0.312. The van der Waals surface area contributed by atoms with Crippen LogP contribution in [-0.4, -0.2) is 17.4 Å². The largest absolute Gasteiger partial charge is 0.484 e. The number of rotatable bonds is 8. The summed E-state index contributed by atoms with van der Waals surface area (Å²) in [5.74, 6) is 0.681. The van der Waals surface area contributed by atoms with E-state index in [2.05, 4.69) is 5.32 Å². The third kappa shape index (κ3) is 4.73. The molecule has 0 aliphatic heterocycles. The molecule has 24 heavy (non-hydrogen) atoms. The maximum Gasteiger partial charge on any atom is 0.286 e. The average molecular weight is 353 g/mol. The van der Waals surface area contributed by atoms with Crippen molar-refractivity contribution in [1.82, 2.24) is 5.32 Å². The van der Waals surface area contributed by atoms with Gasteiger partial charge in [0.25, 0.3) is 11.6 Å². The Hall–Kier alpha value is -2.54. The number of carbonyl (C=O) groups is 1. The Labute approximate surface area is 143 Å². The van der Waals surface area contributed by atoms with E-state index in [1.165, 1.54) is 18.2 Å². The van der Waals surface area contributed by atoms with Crippen LogP contribution in [0.2, 0.25) is 5.02 Å². The molecule has 0 bridgehead atoms. The fourth-order valence-corrected chi connectivity index (χ4v) is 2.14. The summed E-state index contributed by atoms with van der Waals surface area (Å²) in [6.07, 6.45) is 1.90. The molecule has 0 fully saturated rings. The van der Waals surface area contributed by atoms with E-state index in [1.54, 1.807) is 12.1 Å². The molecule has 0 aliphatic rings. The lowest BCUT2D eigenvalue weighted by atomic mass is 10.3. The van der Waals surface area contributed by atoms with E-state index in [0.29, 0.717) is 18.1 Å². The molecule has 0 spiro atoms. The molecule has 0 saturated carbocycles. The van der Waals surface area contributed by atoms with Crippen LogP contribution < -0.4 is 10.1 Å². The zero-order valence-corrected chi connectivity index (χ0v) is 13.8. The Balaban J connectivity index is 1.93. The first-order valence-electron chi connectivity index (χ1n) is 7.45. The van der Waals surface area contributed by atoms with Gasteiger partial charge < -0.3 is 14.5 Å². The molecule has 0 unspecified atom stereocenters. The molecule has 2 rings (SSSR count). The highest BCUT2D eigenvalue weighted by Crippen LogP contribution is 2.29. The molecule has 0 radical (unpaired) electrons. The number of carbonyl (C=O) groups excluding carboxylic acids is 1. The first-order valence-corrected chi connectivity index (χ1v) is 7.82. The third-order valence-corrected chi connectivity index (χ3v) is 3.49. The minimum atomic E-state index is -0.536. The van der Waals surface area contributed by atoms with Crippen LogP contribution in [0.25, 0.3) is 0 Å². The monoisotopic (exact) mass is 352 g/mol. The Kier molecular flexibility index (Phi) is 6.20. The van der Waals surface area contributed by atoms with Gasteiger partial charge in [0.2, 0.25) is 0 Å². The number of hydrogen-bond acceptors (Lipinski definition) is 5. The van der Waals surface area contributed by atoms with Gasteiger partial charge in [-0.25, -0.2) is 0 Å². The maximum atomic E-state index is 11.8. The number of nitro groups is 1. The van der Waals surface area contributed by atoms with Crippen LogP contribution in [0.15, 0.2) is 34.7 Å². The molecule has 7 nitrogen and oxygen atoms in total. The normalized spacial score (nSPS) is 10.4. The maximum absolute atomic E-state index is 11.8. The van der Waals surface area contributed by atoms with Crippen LogP contribution >= 0.6 is 11.6 Å². The number of nitrogens with zero attached hydrogens (tertiary/aromatic N) is 1. The number of halogens is 1. The zero-order valence-electron chi connectivity index (χ0n) is 13.1. The van der Waals surface area contributed by atoms with Gasteiger partial charge in [-0.2, -0.15) is 0 Å². The van der Waals surface area contributed by atoms with Crippen molar-refractivity contribution < 1.29 is 18.9 Å². The number of benzene rings is 1. The summed E-state index contributed by atoms with van der Waals surface area (Å²) >= 11 is 5.94. The molecule has 0 aliphatic carbocycles. The Morgan fingerprint density at radius 3 is 2.83 bits per heavy atom. The number of amides is 1. The van der Waals surface area contributed by atoms with Gasteiger partial charge in [0.05, 0.1) is 9.95 Å². The molecule has 2 aromatic rings. The van der Waals surface area contributed by atoms with Crippen molar-refractivity contribution in [1.29, 1.82) is 0 Å². The second-order valence-corrected chi connectivity index (χ2v) is 5.44. The topological polar surface area (TPSA) is 94.6 Å². The summed E-state index contributed by atoms with van der Waals surface area (Å²) in [7, 11) is 0. The summed E-state index contributed by atoms with van der Waals surface area (Å²) in [5.41, 5.74) is -0.114. The summed E-state index contributed by atoms with van der Waals surface area (Å²) < 4.78 is 10.9. The van der Waals surface area contributed by atoms with Gasteiger partial charge in [0.1, 0.15) is 18.1 Å².